The van der Waals surface area contributed by atoms with Crippen molar-refractivity contribution >= 4 is 0 Å². The topological polar surface area (TPSA) is 0 Å². The molecule has 4 aromatic rings. The van der Waals surface area contributed by atoms with E-state index in [0.717, 1.165) is 18.8 Å². The third-order valence-corrected chi connectivity index (χ3v) is 7.64. The van der Waals surface area contributed by atoms with E-state index >= 15 is 0 Å². The molecule has 0 radical (unpaired) electrons. The molecule has 0 nitrogen and oxygen atoms in total. The highest BCUT2D eigenvalue weighted by Crippen LogP contribution is 2.43. The molecule has 1 saturated carbocycles. The number of benzene rings is 4. The Hall–Kier alpha value is -3.12. The Bertz CT molecular complexity index is 1210. The van der Waals surface area contributed by atoms with Crippen LogP contribution in [0, 0.1) is 0 Å². The van der Waals surface area contributed by atoms with Gasteiger partial charge in [-0.25, -0.2) is 0 Å². The number of rotatable bonds is 1. The second kappa shape index (κ2) is 8.43. The van der Waals surface area contributed by atoms with E-state index in [0.29, 0.717) is 0 Å². The van der Waals surface area contributed by atoms with Gasteiger partial charge in [0, 0.05) is 0 Å². The molecule has 0 atom stereocenters. The fourth-order valence-electron chi connectivity index (χ4n) is 6.06. The summed E-state index contributed by atoms with van der Waals surface area (Å²) in [7, 11) is 0. The Morgan fingerprint density at radius 1 is 0.438 bits per heavy atom. The van der Waals surface area contributed by atoms with Crippen LogP contribution >= 0.6 is 0 Å². The molecule has 3 aliphatic carbocycles. The van der Waals surface area contributed by atoms with Crippen LogP contribution in [0.15, 0.2) is 91.0 Å². The highest BCUT2D eigenvalue weighted by atomic mass is 14.3. The zero-order valence-corrected chi connectivity index (χ0v) is 18.7. The van der Waals surface area contributed by atoms with Crippen molar-refractivity contribution in [2.45, 2.75) is 50.9 Å². The lowest BCUT2D eigenvalue weighted by Gasteiger charge is -2.24. The van der Waals surface area contributed by atoms with Gasteiger partial charge in [0.1, 0.15) is 0 Å². The molecule has 7 rings (SSSR count). The Morgan fingerprint density at radius 3 is 1.56 bits per heavy atom. The van der Waals surface area contributed by atoms with Gasteiger partial charge >= 0.3 is 0 Å². The standard InChI is InChI=1S/C19H20.C13H10/c1-2-7-14(8-3-1)16-11-6-12-18-17-10-5-4-9-15(17)13-19(16)18;1-3-7-12-10(5-1)9-11-6-2-4-8-13(11)12/h4-6,9-12,14H,1-3,7-8,13H2;1-8H,9H2. The molecule has 0 bridgehead atoms. The van der Waals surface area contributed by atoms with Crippen molar-refractivity contribution in [3.8, 4) is 22.3 Å². The van der Waals surface area contributed by atoms with E-state index < -0.39 is 0 Å². The van der Waals surface area contributed by atoms with Gasteiger partial charge in [-0.05, 0) is 81.7 Å². The second-order valence-electron chi connectivity index (χ2n) is 9.53. The monoisotopic (exact) mass is 414 g/mol. The van der Waals surface area contributed by atoms with E-state index in [4.69, 9.17) is 0 Å². The molecule has 0 heterocycles. The predicted molar refractivity (Wildman–Crippen MR) is 135 cm³/mol. The van der Waals surface area contributed by atoms with Crippen molar-refractivity contribution in [2.24, 2.45) is 0 Å². The van der Waals surface area contributed by atoms with Gasteiger partial charge in [0.2, 0.25) is 0 Å². The van der Waals surface area contributed by atoms with Crippen LogP contribution in [-0.4, -0.2) is 0 Å². The summed E-state index contributed by atoms with van der Waals surface area (Å²) in [6.07, 6.45) is 9.32. The average Bonchev–Trinajstić information content (AvgIpc) is 3.43. The van der Waals surface area contributed by atoms with Gasteiger partial charge in [0.15, 0.2) is 0 Å². The molecule has 0 amide bonds. The van der Waals surface area contributed by atoms with Gasteiger partial charge in [-0.3, -0.25) is 0 Å². The molecule has 1 fully saturated rings. The van der Waals surface area contributed by atoms with E-state index in [-0.39, 0.29) is 0 Å². The molecule has 0 N–H and O–H groups in total. The van der Waals surface area contributed by atoms with Crippen LogP contribution in [0.3, 0.4) is 0 Å². The van der Waals surface area contributed by atoms with E-state index in [1.54, 1.807) is 11.1 Å². The summed E-state index contributed by atoms with van der Waals surface area (Å²) in [5.74, 6) is 0.818. The molecular formula is C32H30. The molecule has 0 aliphatic heterocycles. The van der Waals surface area contributed by atoms with E-state index in [1.165, 1.54) is 71.0 Å². The highest BCUT2D eigenvalue weighted by molar-refractivity contribution is 5.78. The van der Waals surface area contributed by atoms with Gasteiger partial charge in [-0.1, -0.05) is 110 Å². The van der Waals surface area contributed by atoms with Crippen LogP contribution in [0.2, 0.25) is 0 Å². The zero-order chi connectivity index (χ0) is 21.3. The SMILES string of the molecule is c1ccc2c(c1)Cc1c-2cccc1C1CCCCC1.c1ccc2c(c1)Cc1ccccc1-2. The van der Waals surface area contributed by atoms with E-state index in [1.807, 2.05) is 0 Å². The van der Waals surface area contributed by atoms with Gasteiger partial charge in [0.05, 0.1) is 0 Å². The Balaban J connectivity index is 0.000000131. The summed E-state index contributed by atoms with van der Waals surface area (Å²) in [6.45, 7) is 0. The quantitative estimate of drug-likeness (QED) is 0.253. The zero-order valence-electron chi connectivity index (χ0n) is 18.7. The summed E-state index contributed by atoms with van der Waals surface area (Å²) in [5, 5.41) is 0. The number of hydrogen-bond acceptors (Lipinski definition) is 0. The number of fused-ring (bicyclic) bond motifs is 6. The fourth-order valence-corrected chi connectivity index (χ4v) is 6.06. The third-order valence-electron chi connectivity index (χ3n) is 7.64. The Morgan fingerprint density at radius 2 is 0.938 bits per heavy atom. The largest absolute Gasteiger partial charge is 0.0619 e. The minimum atomic E-state index is 0.818. The Kier molecular flexibility index (Phi) is 5.15. The summed E-state index contributed by atoms with van der Waals surface area (Å²) < 4.78 is 0. The normalized spacial score (nSPS) is 15.8. The van der Waals surface area contributed by atoms with Crippen molar-refractivity contribution in [2.75, 3.05) is 0 Å². The lowest BCUT2D eigenvalue weighted by atomic mass is 9.81. The summed E-state index contributed by atoms with van der Waals surface area (Å²) in [4.78, 5) is 0. The molecule has 0 aromatic heterocycles. The van der Waals surface area contributed by atoms with Crippen LogP contribution in [-0.2, 0) is 12.8 Å². The molecule has 0 spiro atoms. The minimum Gasteiger partial charge on any atom is -0.0619 e. The predicted octanol–water partition coefficient (Wildman–Crippen LogP) is 8.56. The smallest absolute Gasteiger partial charge is 0.00106 e. The molecular weight excluding hydrogens is 384 g/mol. The van der Waals surface area contributed by atoms with E-state index in [9.17, 15) is 0 Å². The van der Waals surface area contributed by atoms with E-state index in [2.05, 4.69) is 91.0 Å². The van der Waals surface area contributed by atoms with Gasteiger partial charge in [-0.15, -0.1) is 0 Å². The molecule has 158 valence electrons. The van der Waals surface area contributed by atoms with Crippen molar-refractivity contribution < 1.29 is 0 Å². The maximum Gasteiger partial charge on any atom is -0.00106 e. The van der Waals surface area contributed by atoms with Crippen molar-refractivity contribution in [1.29, 1.82) is 0 Å². The van der Waals surface area contributed by atoms with Gasteiger partial charge < -0.3 is 0 Å². The molecule has 0 saturated heterocycles. The van der Waals surface area contributed by atoms with Gasteiger partial charge in [-0.2, -0.15) is 0 Å². The highest BCUT2D eigenvalue weighted by Gasteiger charge is 2.25. The fraction of sp³-hybridized carbons (Fsp3) is 0.250. The number of hydrogen-bond donors (Lipinski definition) is 0. The van der Waals surface area contributed by atoms with Crippen molar-refractivity contribution in [3.63, 3.8) is 0 Å². The summed E-state index contributed by atoms with van der Waals surface area (Å²) in [6, 6.07) is 33.2. The van der Waals surface area contributed by atoms with Crippen LogP contribution in [0.4, 0.5) is 0 Å². The van der Waals surface area contributed by atoms with Crippen LogP contribution in [0.25, 0.3) is 22.3 Å². The molecule has 0 heteroatoms. The maximum absolute atomic E-state index is 2.39. The molecule has 0 unspecified atom stereocenters. The lowest BCUT2D eigenvalue weighted by Crippen LogP contribution is -2.07. The molecule has 3 aliphatic rings. The van der Waals surface area contributed by atoms with Crippen LogP contribution in [0.5, 0.6) is 0 Å². The summed E-state index contributed by atoms with van der Waals surface area (Å²) >= 11 is 0. The Labute approximate surface area is 192 Å². The minimum absolute atomic E-state index is 0.818. The van der Waals surface area contributed by atoms with Crippen LogP contribution in [0.1, 0.15) is 65.8 Å². The lowest BCUT2D eigenvalue weighted by molar-refractivity contribution is 0.442. The third kappa shape index (κ3) is 3.48. The first-order chi connectivity index (χ1) is 15.9. The van der Waals surface area contributed by atoms with Gasteiger partial charge in [0.25, 0.3) is 0 Å². The first-order valence-corrected chi connectivity index (χ1v) is 12.2. The van der Waals surface area contributed by atoms with Crippen LogP contribution < -0.4 is 0 Å². The molecule has 4 aromatic carbocycles. The maximum atomic E-state index is 2.39. The second-order valence-corrected chi connectivity index (χ2v) is 9.53. The average molecular weight is 415 g/mol. The summed E-state index contributed by atoms with van der Waals surface area (Å²) in [5.41, 5.74) is 13.5. The van der Waals surface area contributed by atoms with Crippen molar-refractivity contribution in [1.82, 2.24) is 0 Å². The first kappa shape index (κ1) is 19.6. The molecule has 32 heavy (non-hydrogen) atoms. The first-order valence-electron chi connectivity index (χ1n) is 12.2. The van der Waals surface area contributed by atoms with Crippen molar-refractivity contribution in [3.05, 3.63) is 119 Å².